The molecule has 42 heavy (non-hydrogen) atoms. The van der Waals surface area contributed by atoms with E-state index >= 15 is 0 Å². The smallest absolute Gasteiger partial charge is 0.220 e. The summed E-state index contributed by atoms with van der Waals surface area (Å²) in [5.41, 5.74) is 11.3. The zero-order chi connectivity index (χ0) is 29.1. The van der Waals surface area contributed by atoms with Gasteiger partial charge in [0.15, 0.2) is 5.82 Å². The number of unbranched alkanes of at least 4 members (excludes halogenated alkanes) is 2. The summed E-state index contributed by atoms with van der Waals surface area (Å²) in [7, 11) is 0. The molecule has 2 fully saturated rings. The van der Waals surface area contributed by atoms with E-state index in [4.69, 9.17) is 10.7 Å². The monoisotopic (exact) mass is 586 g/mol. The first-order valence-corrected chi connectivity index (χ1v) is 16.9. The predicted octanol–water partition coefficient (Wildman–Crippen LogP) is 4.70. The van der Waals surface area contributed by atoms with Gasteiger partial charge in [0, 0.05) is 55.7 Å². The highest BCUT2D eigenvalue weighted by atomic mass is 32.2. The Morgan fingerprint density at radius 1 is 1.10 bits per heavy atom. The Morgan fingerprint density at radius 2 is 1.90 bits per heavy atom. The van der Waals surface area contributed by atoms with E-state index in [1.807, 2.05) is 18.2 Å². The van der Waals surface area contributed by atoms with Crippen LogP contribution in [0.2, 0.25) is 0 Å². The number of nitrogens with two attached hydrogens (primary N) is 1. The molecule has 0 bridgehead atoms. The van der Waals surface area contributed by atoms with Gasteiger partial charge in [-0.1, -0.05) is 73.4 Å². The fourth-order valence-corrected chi connectivity index (χ4v) is 8.60. The molecule has 9 heteroatoms. The minimum absolute atomic E-state index is 0.0989. The van der Waals surface area contributed by atoms with Crippen LogP contribution in [0.1, 0.15) is 62.4 Å². The molecule has 2 aromatic heterocycles. The van der Waals surface area contributed by atoms with Crippen LogP contribution in [0.3, 0.4) is 0 Å². The topological polar surface area (TPSA) is 121 Å². The number of aromatic nitrogens is 3. The standard InChI is InChI=1S/C33H42N6O2S/c1-2-3-11-29-38-31-32(25-8-4-5-10-28(25)37-33(31)34)39(29)19-23-15-13-22(14-16-23)17-36-30(40)12-7-6-9-27-26-21-42(41)20-24(26)18-35-27/h4-5,8,10,13-16,24,26-27,35H,2-3,6-7,9,11-12,17-21H2,1H3,(H2,34,37)(H,36,40)/t24-,26+,27+,42?/m0/s1. The number of benzene rings is 2. The quantitative estimate of drug-likeness (QED) is 0.163. The molecule has 4 N–H and O–H groups in total. The zero-order valence-electron chi connectivity index (χ0n) is 24.5. The van der Waals surface area contributed by atoms with Crippen molar-refractivity contribution in [1.29, 1.82) is 0 Å². The van der Waals surface area contributed by atoms with Crippen LogP contribution in [-0.4, -0.2) is 49.1 Å². The molecule has 1 amide bonds. The SMILES string of the molecule is CCCCc1nc2c(N)nc3ccccc3c2n1Cc1ccc(CNC(=O)CCCC[C@H]2NC[C@H]3C[S+]([O-])C[C@H]32)cc1. The predicted molar refractivity (Wildman–Crippen MR) is 171 cm³/mol. The van der Waals surface area contributed by atoms with Crippen molar-refractivity contribution in [2.24, 2.45) is 11.8 Å². The zero-order valence-corrected chi connectivity index (χ0v) is 25.3. The summed E-state index contributed by atoms with van der Waals surface area (Å²) in [6.07, 6.45) is 6.58. The number of nitrogens with one attached hydrogen (secondary N) is 2. The van der Waals surface area contributed by atoms with Crippen LogP contribution >= 0.6 is 0 Å². The van der Waals surface area contributed by atoms with Crippen LogP contribution < -0.4 is 16.4 Å². The highest BCUT2D eigenvalue weighted by molar-refractivity contribution is 7.91. The second-order valence-electron chi connectivity index (χ2n) is 12.0. The molecule has 4 atom stereocenters. The molecule has 222 valence electrons. The van der Waals surface area contributed by atoms with E-state index in [-0.39, 0.29) is 5.91 Å². The molecule has 0 radical (unpaired) electrons. The highest BCUT2D eigenvalue weighted by Crippen LogP contribution is 2.34. The maximum absolute atomic E-state index is 12.5. The fraction of sp³-hybridized carbons (Fsp3) is 0.485. The fourth-order valence-electron chi connectivity index (χ4n) is 6.69. The van der Waals surface area contributed by atoms with Gasteiger partial charge in [-0.3, -0.25) is 4.79 Å². The van der Waals surface area contributed by atoms with Gasteiger partial charge in [-0.05, 0) is 36.5 Å². The van der Waals surface area contributed by atoms with Gasteiger partial charge in [0.1, 0.15) is 22.8 Å². The third kappa shape index (κ3) is 6.28. The number of fused-ring (bicyclic) bond motifs is 4. The van der Waals surface area contributed by atoms with Crippen LogP contribution in [-0.2, 0) is 35.5 Å². The maximum atomic E-state index is 12.5. The molecule has 2 aliphatic heterocycles. The molecule has 0 spiro atoms. The molecule has 4 aromatic rings. The van der Waals surface area contributed by atoms with Crippen molar-refractivity contribution in [3.8, 4) is 0 Å². The Balaban J connectivity index is 1.04. The maximum Gasteiger partial charge on any atom is 0.220 e. The average molecular weight is 587 g/mol. The van der Waals surface area contributed by atoms with E-state index in [1.54, 1.807) is 0 Å². The Kier molecular flexibility index (Phi) is 8.97. The molecule has 8 nitrogen and oxygen atoms in total. The van der Waals surface area contributed by atoms with Crippen LogP contribution in [0, 0.1) is 11.8 Å². The summed E-state index contributed by atoms with van der Waals surface area (Å²) in [6, 6.07) is 17.1. The second-order valence-corrected chi connectivity index (χ2v) is 13.5. The Hall–Kier alpha value is -3.14. The number of hydrogen-bond donors (Lipinski definition) is 3. The number of imidazole rings is 1. The van der Waals surface area contributed by atoms with Gasteiger partial charge >= 0.3 is 0 Å². The van der Waals surface area contributed by atoms with Crippen molar-refractivity contribution < 1.29 is 9.35 Å². The number of hydrogen-bond acceptors (Lipinski definition) is 6. The summed E-state index contributed by atoms with van der Waals surface area (Å²) in [5.74, 6) is 4.47. The number of aryl methyl sites for hydroxylation is 1. The molecule has 2 aromatic carbocycles. The Morgan fingerprint density at radius 3 is 2.74 bits per heavy atom. The van der Waals surface area contributed by atoms with E-state index in [0.29, 0.717) is 43.2 Å². The van der Waals surface area contributed by atoms with Gasteiger partial charge in [-0.15, -0.1) is 0 Å². The van der Waals surface area contributed by atoms with Gasteiger partial charge in [0.2, 0.25) is 5.91 Å². The lowest BCUT2D eigenvalue weighted by molar-refractivity contribution is -0.121. The summed E-state index contributed by atoms with van der Waals surface area (Å²) in [5, 5.41) is 7.77. The normalized spacial score (nSPS) is 21.8. The van der Waals surface area contributed by atoms with Gasteiger partial charge in [-0.25, -0.2) is 9.97 Å². The minimum atomic E-state index is -0.628. The van der Waals surface area contributed by atoms with Gasteiger partial charge in [0.25, 0.3) is 0 Å². The summed E-state index contributed by atoms with van der Waals surface area (Å²) >= 11 is -0.628. The third-order valence-electron chi connectivity index (χ3n) is 9.01. The molecular formula is C33H42N6O2S. The van der Waals surface area contributed by atoms with E-state index in [0.717, 1.165) is 89.9 Å². The van der Waals surface area contributed by atoms with Crippen molar-refractivity contribution in [1.82, 2.24) is 25.2 Å². The van der Waals surface area contributed by atoms with Crippen LogP contribution in [0.5, 0.6) is 0 Å². The largest absolute Gasteiger partial charge is 0.616 e. The third-order valence-corrected chi connectivity index (χ3v) is 10.6. The van der Waals surface area contributed by atoms with Crippen molar-refractivity contribution in [2.75, 3.05) is 23.8 Å². The molecule has 0 aliphatic carbocycles. The first-order valence-electron chi connectivity index (χ1n) is 15.5. The van der Waals surface area contributed by atoms with E-state index < -0.39 is 11.2 Å². The van der Waals surface area contributed by atoms with Crippen LogP contribution in [0.4, 0.5) is 5.82 Å². The summed E-state index contributed by atoms with van der Waals surface area (Å²) < 4.78 is 14.2. The van der Waals surface area contributed by atoms with Crippen molar-refractivity contribution in [3.05, 3.63) is 65.5 Å². The number of pyridine rings is 1. The molecule has 6 rings (SSSR count). The number of para-hydroxylation sites is 1. The summed E-state index contributed by atoms with van der Waals surface area (Å²) in [6.45, 7) is 4.42. The molecule has 1 unspecified atom stereocenters. The molecule has 4 heterocycles. The summed E-state index contributed by atoms with van der Waals surface area (Å²) in [4.78, 5) is 22.1. The van der Waals surface area contributed by atoms with E-state index in [1.165, 1.54) is 5.56 Å². The van der Waals surface area contributed by atoms with Gasteiger partial charge in [-0.2, -0.15) is 0 Å². The number of nitrogen functional groups attached to an aromatic ring is 1. The molecule has 2 aliphatic rings. The number of anilines is 1. The first kappa shape index (κ1) is 29.0. The number of carbonyl (C=O) groups excluding carboxylic acids is 1. The highest BCUT2D eigenvalue weighted by Gasteiger charge is 2.45. The lowest BCUT2D eigenvalue weighted by Crippen LogP contribution is -2.29. The molecule has 2 saturated heterocycles. The lowest BCUT2D eigenvalue weighted by Gasteiger charge is -2.16. The number of nitrogens with zero attached hydrogens (tertiary/aromatic N) is 3. The van der Waals surface area contributed by atoms with E-state index in [2.05, 4.69) is 57.4 Å². The van der Waals surface area contributed by atoms with Crippen LogP contribution in [0.25, 0.3) is 21.9 Å². The van der Waals surface area contributed by atoms with Crippen molar-refractivity contribution in [3.63, 3.8) is 0 Å². The second kappa shape index (κ2) is 13.0. The number of carbonyl (C=O) groups is 1. The van der Waals surface area contributed by atoms with Crippen molar-refractivity contribution in [2.45, 2.75) is 71.0 Å². The number of amides is 1. The lowest BCUT2D eigenvalue weighted by atomic mass is 9.91. The average Bonchev–Trinajstić information content (AvgIpc) is 3.67. The van der Waals surface area contributed by atoms with Crippen LogP contribution in [0.15, 0.2) is 48.5 Å². The molecular weight excluding hydrogens is 544 g/mol. The van der Waals surface area contributed by atoms with Gasteiger partial charge < -0.3 is 25.5 Å². The Bertz CT molecular complexity index is 1540. The van der Waals surface area contributed by atoms with Crippen molar-refractivity contribution >= 4 is 44.8 Å². The Labute approximate surface area is 251 Å². The minimum Gasteiger partial charge on any atom is -0.616 e. The number of rotatable bonds is 12. The van der Waals surface area contributed by atoms with Gasteiger partial charge in [0.05, 0.1) is 11.0 Å². The first-order chi connectivity index (χ1) is 20.5. The molecule has 0 saturated carbocycles. The van der Waals surface area contributed by atoms with E-state index in [9.17, 15) is 9.35 Å².